The highest BCUT2D eigenvalue weighted by molar-refractivity contribution is 7.90. The summed E-state index contributed by atoms with van der Waals surface area (Å²) in [6.07, 6.45) is 2.22. The Balaban J connectivity index is 1.68. The fourth-order valence-corrected chi connectivity index (χ4v) is 3.33. The van der Waals surface area contributed by atoms with Crippen molar-refractivity contribution in [3.05, 3.63) is 29.3 Å². The molecule has 0 aromatic heterocycles. The van der Waals surface area contributed by atoms with Gasteiger partial charge in [0.2, 0.25) is 0 Å². The van der Waals surface area contributed by atoms with Crippen LogP contribution in [0.25, 0.3) is 0 Å². The van der Waals surface area contributed by atoms with Crippen molar-refractivity contribution in [2.45, 2.75) is 12.5 Å². The number of nitrogens with zero attached hydrogens (tertiary/aromatic N) is 2. The Labute approximate surface area is 160 Å². The van der Waals surface area contributed by atoms with Gasteiger partial charge in [0.25, 0.3) is 0 Å². The molecule has 146 valence electrons. The number of sulfone groups is 1. The van der Waals surface area contributed by atoms with E-state index in [1.165, 1.54) is 6.26 Å². The van der Waals surface area contributed by atoms with Crippen LogP contribution in [0.3, 0.4) is 0 Å². The number of ether oxygens (including phenoxy) is 1. The molecule has 1 aromatic carbocycles. The van der Waals surface area contributed by atoms with E-state index in [4.69, 9.17) is 16.3 Å². The monoisotopic (exact) mass is 402 g/mol. The van der Waals surface area contributed by atoms with Crippen molar-refractivity contribution >= 4 is 33.1 Å². The summed E-state index contributed by atoms with van der Waals surface area (Å²) in [5.41, 5.74) is 1.13. The van der Waals surface area contributed by atoms with Crippen LogP contribution >= 0.6 is 11.6 Å². The first-order chi connectivity index (χ1) is 12.4. The summed E-state index contributed by atoms with van der Waals surface area (Å²) in [5, 5.41) is 7.33. The molecule has 0 saturated carbocycles. The number of benzene rings is 1. The van der Waals surface area contributed by atoms with E-state index in [-0.39, 0.29) is 12.4 Å². The SMILES string of the molecule is CN=C(NCCOCCS(C)(=O)=O)NC1CCN(c2cccc(Cl)c2)C1. The molecule has 0 aliphatic carbocycles. The largest absolute Gasteiger partial charge is 0.379 e. The van der Waals surface area contributed by atoms with Crippen molar-refractivity contribution in [1.82, 2.24) is 10.6 Å². The number of hydrogen-bond acceptors (Lipinski definition) is 5. The number of halogens is 1. The average Bonchev–Trinajstić information content (AvgIpc) is 3.04. The number of rotatable bonds is 8. The van der Waals surface area contributed by atoms with Crippen LogP contribution in [0.4, 0.5) is 5.69 Å². The summed E-state index contributed by atoms with van der Waals surface area (Å²) in [6, 6.07) is 8.18. The summed E-state index contributed by atoms with van der Waals surface area (Å²) in [5.74, 6) is 0.760. The highest BCUT2D eigenvalue weighted by atomic mass is 35.5. The molecule has 1 heterocycles. The molecule has 2 rings (SSSR count). The van der Waals surface area contributed by atoms with Gasteiger partial charge in [-0.15, -0.1) is 0 Å². The predicted molar refractivity (Wildman–Crippen MR) is 107 cm³/mol. The summed E-state index contributed by atoms with van der Waals surface area (Å²) >= 11 is 6.07. The van der Waals surface area contributed by atoms with E-state index >= 15 is 0 Å². The van der Waals surface area contributed by atoms with E-state index in [0.29, 0.717) is 19.2 Å². The zero-order chi connectivity index (χ0) is 19.0. The quantitative estimate of drug-likeness (QED) is 0.385. The highest BCUT2D eigenvalue weighted by Crippen LogP contribution is 2.23. The fourth-order valence-electron chi connectivity index (χ4n) is 2.73. The van der Waals surface area contributed by atoms with E-state index in [1.54, 1.807) is 7.05 Å². The van der Waals surface area contributed by atoms with Gasteiger partial charge in [-0.1, -0.05) is 17.7 Å². The minimum absolute atomic E-state index is 0.0430. The molecule has 0 spiro atoms. The second-order valence-corrected chi connectivity index (χ2v) is 8.99. The number of anilines is 1. The smallest absolute Gasteiger partial charge is 0.191 e. The zero-order valence-electron chi connectivity index (χ0n) is 15.2. The van der Waals surface area contributed by atoms with Crippen molar-refractivity contribution in [2.75, 3.05) is 56.8 Å². The molecule has 0 radical (unpaired) electrons. The number of hydrogen-bond donors (Lipinski definition) is 2. The first kappa shape index (κ1) is 20.8. The van der Waals surface area contributed by atoms with Gasteiger partial charge in [0, 0.05) is 49.7 Å². The Morgan fingerprint density at radius 1 is 1.42 bits per heavy atom. The normalized spacial score (nSPS) is 18.2. The van der Waals surface area contributed by atoms with Gasteiger partial charge in [0.1, 0.15) is 9.84 Å². The zero-order valence-corrected chi connectivity index (χ0v) is 16.8. The van der Waals surface area contributed by atoms with Crippen molar-refractivity contribution in [1.29, 1.82) is 0 Å². The Morgan fingerprint density at radius 2 is 2.23 bits per heavy atom. The Hall–Kier alpha value is -1.51. The maximum absolute atomic E-state index is 11.0. The van der Waals surface area contributed by atoms with Gasteiger partial charge in [-0.3, -0.25) is 4.99 Å². The molecule has 1 atom stereocenters. The third-order valence-corrected chi connectivity index (χ3v) is 5.21. The lowest BCUT2D eigenvalue weighted by atomic mass is 10.3. The number of aliphatic imine (C=N–C) groups is 1. The van der Waals surface area contributed by atoms with Crippen LogP contribution < -0.4 is 15.5 Å². The van der Waals surface area contributed by atoms with Gasteiger partial charge >= 0.3 is 0 Å². The average molecular weight is 403 g/mol. The summed E-state index contributed by atoms with van der Waals surface area (Å²) in [6.45, 7) is 3.04. The molecule has 2 N–H and O–H groups in total. The third kappa shape index (κ3) is 7.39. The molecular formula is C17H27ClN4O3S. The first-order valence-electron chi connectivity index (χ1n) is 8.60. The summed E-state index contributed by atoms with van der Waals surface area (Å²) in [7, 11) is -1.25. The van der Waals surface area contributed by atoms with Crippen LogP contribution in [0.15, 0.2) is 29.3 Å². The van der Waals surface area contributed by atoms with Crippen molar-refractivity contribution in [3.63, 3.8) is 0 Å². The van der Waals surface area contributed by atoms with Gasteiger partial charge in [0.05, 0.1) is 19.0 Å². The van der Waals surface area contributed by atoms with E-state index in [1.807, 2.05) is 18.2 Å². The van der Waals surface area contributed by atoms with Gasteiger partial charge < -0.3 is 20.3 Å². The van der Waals surface area contributed by atoms with Crippen molar-refractivity contribution in [2.24, 2.45) is 4.99 Å². The second kappa shape index (κ2) is 9.99. The van der Waals surface area contributed by atoms with E-state index in [0.717, 1.165) is 36.2 Å². The molecule has 1 aromatic rings. The van der Waals surface area contributed by atoms with Gasteiger partial charge in [0.15, 0.2) is 5.96 Å². The van der Waals surface area contributed by atoms with Crippen molar-refractivity contribution < 1.29 is 13.2 Å². The lowest BCUT2D eigenvalue weighted by Crippen LogP contribution is -2.45. The standard InChI is InChI=1S/C17H27ClN4O3S/c1-19-17(20-7-9-25-10-11-26(2,23)24)21-15-6-8-22(13-15)16-5-3-4-14(18)12-16/h3-5,12,15H,6-11,13H2,1-2H3,(H2,19,20,21). The second-order valence-electron chi connectivity index (χ2n) is 6.30. The van der Waals surface area contributed by atoms with Crippen LogP contribution in [0.1, 0.15) is 6.42 Å². The van der Waals surface area contributed by atoms with Crippen LogP contribution in [-0.4, -0.2) is 72.3 Å². The fraction of sp³-hybridized carbons (Fsp3) is 0.588. The molecule has 1 unspecified atom stereocenters. The van der Waals surface area contributed by atoms with Crippen LogP contribution in [-0.2, 0) is 14.6 Å². The number of nitrogens with one attached hydrogen (secondary N) is 2. The maximum atomic E-state index is 11.0. The van der Waals surface area contributed by atoms with E-state index in [9.17, 15) is 8.42 Å². The van der Waals surface area contributed by atoms with Crippen LogP contribution in [0.2, 0.25) is 5.02 Å². The van der Waals surface area contributed by atoms with E-state index in [2.05, 4.69) is 26.6 Å². The molecule has 9 heteroatoms. The van der Waals surface area contributed by atoms with Gasteiger partial charge in [-0.2, -0.15) is 0 Å². The highest BCUT2D eigenvalue weighted by Gasteiger charge is 2.23. The van der Waals surface area contributed by atoms with Gasteiger partial charge in [-0.05, 0) is 24.6 Å². The Morgan fingerprint density at radius 3 is 2.92 bits per heavy atom. The van der Waals surface area contributed by atoms with Crippen LogP contribution in [0, 0.1) is 0 Å². The Kier molecular flexibility index (Phi) is 7.99. The number of guanidine groups is 1. The first-order valence-corrected chi connectivity index (χ1v) is 11.0. The van der Waals surface area contributed by atoms with Crippen LogP contribution in [0.5, 0.6) is 0 Å². The molecule has 0 bridgehead atoms. The summed E-state index contributed by atoms with van der Waals surface area (Å²) < 4.78 is 27.4. The van der Waals surface area contributed by atoms with Crippen molar-refractivity contribution in [3.8, 4) is 0 Å². The van der Waals surface area contributed by atoms with E-state index < -0.39 is 9.84 Å². The lowest BCUT2D eigenvalue weighted by Gasteiger charge is -2.20. The maximum Gasteiger partial charge on any atom is 0.191 e. The molecule has 26 heavy (non-hydrogen) atoms. The van der Waals surface area contributed by atoms with Gasteiger partial charge in [-0.25, -0.2) is 8.42 Å². The minimum Gasteiger partial charge on any atom is -0.379 e. The lowest BCUT2D eigenvalue weighted by molar-refractivity contribution is 0.154. The molecule has 1 aliphatic rings. The predicted octanol–water partition coefficient (Wildman–Crippen LogP) is 1.14. The minimum atomic E-state index is -2.97. The molecule has 0 amide bonds. The molecule has 1 fully saturated rings. The summed E-state index contributed by atoms with van der Waals surface area (Å²) in [4.78, 5) is 6.52. The molecule has 1 aliphatic heterocycles. The topological polar surface area (TPSA) is 83.0 Å². The Bertz CT molecular complexity index is 712. The molecule has 7 nitrogen and oxygen atoms in total. The third-order valence-electron chi connectivity index (χ3n) is 4.06. The molecule has 1 saturated heterocycles. The molecular weight excluding hydrogens is 376 g/mol.